The normalized spacial score (nSPS) is 21.0. The van der Waals surface area contributed by atoms with Crippen molar-refractivity contribution in [3.8, 4) is 0 Å². The molecule has 0 saturated carbocycles. The van der Waals surface area contributed by atoms with Gasteiger partial charge in [0.15, 0.2) is 12.5 Å². The van der Waals surface area contributed by atoms with Gasteiger partial charge in [-0.2, -0.15) is 0 Å². The van der Waals surface area contributed by atoms with Crippen LogP contribution in [-0.4, -0.2) is 29.1 Å². The number of ether oxygens (including phenoxy) is 1. The van der Waals surface area contributed by atoms with Crippen LogP contribution in [-0.2, 0) is 9.53 Å². The molecule has 2 aromatic carbocycles. The van der Waals surface area contributed by atoms with E-state index in [1.54, 1.807) is 6.33 Å². The number of aromatic nitrogens is 2. The number of rotatable bonds is 3. The number of aromatic amines is 1. The van der Waals surface area contributed by atoms with Gasteiger partial charge in [0.05, 0.1) is 30.0 Å². The van der Waals surface area contributed by atoms with Crippen LogP contribution < -0.4 is 4.90 Å². The van der Waals surface area contributed by atoms with E-state index in [2.05, 4.69) is 9.97 Å². The molecule has 0 bridgehead atoms. The molecule has 6 heteroatoms. The van der Waals surface area contributed by atoms with Crippen molar-refractivity contribution in [1.82, 2.24) is 9.97 Å². The molecule has 1 aromatic heterocycles. The molecule has 0 spiro atoms. The fourth-order valence-electron chi connectivity index (χ4n) is 3.01. The van der Waals surface area contributed by atoms with Crippen molar-refractivity contribution in [1.29, 1.82) is 0 Å². The Kier molecular flexibility index (Phi) is 3.52. The number of fused-ring (bicyclic) bond motifs is 1. The quantitative estimate of drug-likeness (QED) is 0.750. The van der Waals surface area contributed by atoms with Crippen LogP contribution in [0.5, 0.6) is 0 Å². The van der Waals surface area contributed by atoms with E-state index >= 15 is 0 Å². The number of halogens is 1. The van der Waals surface area contributed by atoms with Gasteiger partial charge in [0.2, 0.25) is 0 Å². The van der Waals surface area contributed by atoms with Crippen LogP contribution in [0.2, 0.25) is 5.02 Å². The van der Waals surface area contributed by atoms with E-state index in [4.69, 9.17) is 16.3 Å². The highest BCUT2D eigenvalue weighted by molar-refractivity contribution is 6.30. The third-order valence-corrected chi connectivity index (χ3v) is 4.32. The Labute approximate surface area is 137 Å². The summed E-state index contributed by atoms with van der Waals surface area (Å²) in [6, 6.07) is 13.4. The Balaban J connectivity index is 1.78. The Hall–Kier alpha value is -2.37. The maximum Gasteiger partial charge on any atom is 0.187 e. The summed E-state index contributed by atoms with van der Waals surface area (Å²) >= 11 is 6.11. The lowest BCUT2D eigenvalue weighted by Gasteiger charge is -2.28. The number of hydrogen-bond acceptors (Lipinski definition) is 4. The van der Waals surface area contributed by atoms with Crippen molar-refractivity contribution in [3.05, 3.63) is 59.4 Å². The first-order valence-electron chi connectivity index (χ1n) is 7.30. The molecular formula is C17H14ClN3O2. The number of nitrogens with zero attached hydrogens (tertiary/aromatic N) is 2. The summed E-state index contributed by atoms with van der Waals surface area (Å²) < 4.78 is 5.66. The second kappa shape index (κ2) is 5.68. The van der Waals surface area contributed by atoms with Crippen molar-refractivity contribution >= 4 is 34.6 Å². The molecule has 4 rings (SSSR count). The number of H-pyrrole nitrogens is 1. The van der Waals surface area contributed by atoms with Crippen molar-refractivity contribution < 1.29 is 9.53 Å². The zero-order valence-electron chi connectivity index (χ0n) is 12.1. The number of nitrogens with one attached hydrogen (secondary N) is 1. The first-order chi connectivity index (χ1) is 11.3. The summed E-state index contributed by atoms with van der Waals surface area (Å²) in [7, 11) is 0. The van der Waals surface area contributed by atoms with Gasteiger partial charge >= 0.3 is 0 Å². The molecule has 1 fully saturated rings. The molecule has 5 nitrogen and oxygen atoms in total. The molecule has 2 unspecified atom stereocenters. The van der Waals surface area contributed by atoms with E-state index in [0.29, 0.717) is 11.6 Å². The first-order valence-corrected chi connectivity index (χ1v) is 7.68. The summed E-state index contributed by atoms with van der Waals surface area (Å²) in [5.74, 6) is 0. The zero-order chi connectivity index (χ0) is 15.8. The van der Waals surface area contributed by atoms with E-state index in [9.17, 15) is 4.79 Å². The number of imidazole rings is 1. The average molecular weight is 328 g/mol. The lowest BCUT2D eigenvalue weighted by Crippen LogP contribution is -2.33. The van der Waals surface area contributed by atoms with Gasteiger partial charge < -0.3 is 14.6 Å². The summed E-state index contributed by atoms with van der Waals surface area (Å²) in [4.78, 5) is 20.7. The van der Waals surface area contributed by atoms with E-state index < -0.39 is 6.23 Å². The van der Waals surface area contributed by atoms with Gasteiger partial charge in [-0.25, -0.2) is 4.98 Å². The number of hydrogen-bond donors (Lipinski definition) is 1. The Morgan fingerprint density at radius 3 is 3.04 bits per heavy atom. The second-order valence-electron chi connectivity index (χ2n) is 5.44. The zero-order valence-corrected chi connectivity index (χ0v) is 12.9. The fourth-order valence-corrected chi connectivity index (χ4v) is 3.21. The molecular weight excluding hydrogens is 314 g/mol. The molecule has 2 heterocycles. The maximum atomic E-state index is 11.4. The minimum absolute atomic E-state index is 0.0655. The molecule has 3 aromatic rings. The molecule has 2 atom stereocenters. The topological polar surface area (TPSA) is 58.2 Å². The van der Waals surface area contributed by atoms with Crippen LogP contribution in [0.15, 0.2) is 48.8 Å². The van der Waals surface area contributed by atoms with E-state index in [1.165, 1.54) is 0 Å². The number of benzene rings is 2. The number of carbonyl (C=O) groups is 1. The Morgan fingerprint density at radius 1 is 1.30 bits per heavy atom. The van der Waals surface area contributed by atoms with E-state index in [0.717, 1.165) is 28.6 Å². The smallest absolute Gasteiger partial charge is 0.187 e. The van der Waals surface area contributed by atoms with Crippen LogP contribution in [0, 0.1) is 0 Å². The summed E-state index contributed by atoms with van der Waals surface area (Å²) in [6.07, 6.45) is 1.86. The van der Waals surface area contributed by atoms with Gasteiger partial charge in [-0.05, 0) is 35.9 Å². The summed E-state index contributed by atoms with van der Waals surface area (Å²) in [5, 5.41) is 0.668. The van der Waals surface area contributed by atoms with Crippen molar-refractivity contribution in [2.45, 2.75) is 12.3 Å². The molecule has 0 aliphatic carbocycles. The van der Waals surface area contributed by atoms with Crippen LogP contribution in [0.1, 0.15) is 11.6 Å². The van der Waals surface area contributed by atoms with E-state index in [-0.39, 0.29) is 6.04 Å². The largest absolute Gasteiger partial charge is 0.349 e. The minimum Gasteiger partial charge on any atom is -0.349 e. The molecule has 1 aliphatic rings. The lowest BCUT2D eigenvalue weighted by molar-refractivity contribution is -0.115. The standard InChI is InChI=1S/C17H14ClN3O2/c18-12-3-1-2-11(6-12)16-9-23-17(8-22)21(16)13-4-5-14-15(7-13)20-10-19-14/h1-8,10,16-17H,9H2,(H,19,20). The average Bonchev–Trinajstić information content (AvgIpc) is 3.20. The molecule has 0 radical (unpaired) electrons. The van der Waals surface area contributed by atoms with Gasteiger partial charge in [-0.15, -0.1) is 0 Å². The fraction of sp³-hybridized carbons (Fsp3) is 0.176. The Morgan fingerprint density at radius 2 is 2.22 bits per heavy atom. The predicted molar refractivity (Wildman–Crippen MR) is 88.6 cm³/mol. The van der Waals surface area contributed by atoms with Crippen LogP contribution in [0.3, 0.4) is 0 Å². The highest BCUT2D eigenvalue weighted by Gasteiger charge is 2.35. The van der Waals surface area contributed by atoms with Crippen molar-refractivity contribution in [2.24, 2.45) is 0 Å². The highest BCUT2D eigenvalue weighted by atomic mass is 35.5. The number of anilines is 1. The highest BCUT2D eigenvalue weighted by Crippen LogP contribution is 2.36. The molecule has 1 N–H and O–H groups in total. The van der Waals surface area contributed by atoms with Gasteiger partial charge in [0, 0.05) is 10.7 Å². The molecule has 23 heavy (non-hydrogen) atoms. The SMILES string of the molecule is O=CC1OCC(c2cccc(Cl)c2)N1c1ccc2nc[nH]c2c1. The maximum absolute atomic E-state index is 11.4. The Bertz CT molecular complexity index is 864. The van der Waals surface area contributed by atoms with Crippen LogP contribution >= 0.6 is 11.6 Å². The predicted octanol–water partition coefficient (Wildman–Crippen LogP) is 3.32. The molecule has 116 valence electrons. The van der Waals surface area contributed by atoms with Gasteiger partial charge in [0.25, 0.3) is 0 Å². The molecule has 0 amide bonds. The van der Waals surface area contributed by atoms with Crippen molar-refractivity contribution in [2.75, 3.05) is 11.5 Å². The van der Waals surface area contributed by atoms with Crippen molar-refractivity contribution in [3.63, 3.8) is 0 Å². The first kappa shape index (κ1) is 14.2. The monoisotopic (exact) mass is 327 g/mol. The third kappa shape index (κ3) is 2.48. The van der Waals surface area contributed by atoms with Crippen LogP contribution in [0.4, 0.5) is 5.69 Å². The van der Waals surface area contributed by atoms with Gasteiger partial charge in [0.1, 0.15) is 0 Å². The van der Waals surface area contributed by atoms with Gasteiger partial charge in [-0.3, -0.25) is 4.79 Å². The number of aldehydes is 1. The second-order valence-corrected chi connectivity index (χ2v) is 5.88. The summed E-state index contributed by atoms with van der Waals surface area (Å²) in [6.45, 7) is 0.435. The number of carbonyl (C=O) groups excluding carboxylic acids is 1. The minimum atomic E-state index is -0.612. The van der Waals surface area contributed by atoms with Crippen LogP contribution in [0.25, 0.3) is 11.0 Å². The lowest BCUT2D eigenvalue weighted by atomic mass is 10.1. The molecule has 1 saturated heterocycles. The summed E-state index contributed by atoms with van der Waals surface area (Å²) in [5.41, 5.74) is 3.73. The van der Waals surface area contributed by atoms with Gasteiger partial charge in [-0.1, -0.05) is 23.7 Å². The van der Waals surface area contributed by atoms with E-state index in [1.807, 2.05) is 47.4 Å². The third-order valence-electron chi connectivity index (χ3n) is 4.09. The molecule has 1 aliphatic heterocycles.